The van der Waals surface area contributed by atoms with Crippen LogP contribution in [0.2, 0.25) is 0 Å². The number of pyridine rings is 1. The first-order chi connectivity index (χ1) is 9.38. The third kappa shape index (κ3) is 4.29. The molecule has 0 amide bonds. The fraction of sp³-hybridized carbons (Fsp3) is 0.125. The first-order valence-corrected chi connectivity index (χ1v) is 6.04. The van der Waals surface area contributed by atoms with Crippen molar-refractivity contribution >= 4 is 6.08 Å². The third-order valence-corrected chi connectivity index (χ3v) is 2.50. The molecule has 2 rings (SSSR count). The Kier molecular flexibility index (Phi) is 4.71. The molecule has 0 saturated heterocycles. The predicted molar refractivity (Wildman–Crippen MR) is 74.3 cm³/mol. The molecular weight excluding hydrogens is 236 g/mol. The molecule has 0 atom stereocenters. The molecule has 1 aromatic carbocycles. The summed E-state index contributed by atoms with van der Waals surface area (Å²) in [5.74, 6) is 0.725. The Morgan fingerprint density at radius 3 is 2.84 bits per heavy atom. The van der Waals surface area contributed by atoms with E-state index in [2.05, 4.69) is 11.1 Å². The van der Waals surface area contributed by atoms with E-state index in [0.29, 0.717) is 13.0 Å². The highest BCUT2D eigenvalue weighted by Gasteiger charge is 1.97. The van der Waals surface area contributed by atoms with Crippen LogP contribution in [-0.2, 0) is 6.61 Å². The number of hydrogen-bond donors (Lipinski definition) is 0. The number of nitrogens with zero attached hydrogens (tertiary/aromatic N) is 2. The second-order valence-corrected chi connectivity index (χ2v) is 3.99. The second kappa shape index (κ2) is 6.97. The number of nitriles is 1. The molecule has 0 saturated carbocycles. The van der Waals surface area contributed by atoms with Crippen molar-refractivity contribution in [2.24, 2.45) is 0 Å². The molecule has 1 aromatic heterocycles. The summed E-state index contributed by atoms with van der Waals surface area (Å²) in [4.78, 5) is 4.12. The molecular formula is C16H14N2O. The molecule has 0 fully saturated rings. The zero-order chi connectivity index (χ0) is 13.3. The highest BCUT2D eigenvalue weighted by molar-refractivity contribution is 5.50. The Balaban J connectivity index is 1.98. The lowest BCUT2D eigenvalue weighted by Crippen LogP contribution is -1.95. The minimum Gasteiger partial charge on any atom is -0.487 e. The van der Waals surface area contributed by atoms with Crippen LogP contribution in [0.1, 0.15) is 17.5 Å². The standard InChI is InChI=1S/C16H14N2O/c17-9-5-4-8-15-10-16(12-18-11-15)19-13-14-6-2-1-3-7-14/h1-4,6-8,10-12H,5,13H2. The lowest BCUT2D eigenvalue weighted by molar-refractivity contribution is 0.305. The van der Waals surface area contributed by atoms with E-state index in [1.165, 1.54) is 0 Å². The smallest absolute Gasteiger partial charge is 0.138 e. The van der Waals surface area contributed by atoms with Crippen LogP contribution >= 0.6 is 0 Å². The van der Waals surface area contributed by atoms with E-state index >= 15 is 0 Å². The Bertz CT molecular complexity index is 585. The zero-order valence-electron chi connectivity index (χ0n) is 10.5. The van der Waals surface area contributed by atoms with Crippen LogP contribution in [-0.4, -0.2) is 4.98 Å². The van der Waals surface area contributed by atoms with Gasteiger partial charge in [0.25, 0.3) is 0 Å². The van der Waals surface area contributed by atoms with Gasteiger partial charge in [0, 0.05) is 6.20 Å². The minimum absolute atomic E-state index is 0.398. The molecule has 0 aliphatic carbocycles. The lowest BCUT2D eigenvalue weighted by Gasteiger charge is -2.06. The third-order valence-electron chi connectivity index (χ3n) is 2.50. The van der Waals surface area contributed by atoms with Crippen LogP contribution < -0.4 is 4.74 Å². The average molecular weight is 250 g/mol. The summed E-state index contributed by atoms with van der Waals surface area (Å²) in [6, 6.07) is 13.9. The minimum atomic E-state index is 0.398. The van der Waals surface area contributed by atoms with Crippen molar-refractivity contribution in [2.75, 3.05) is 0 Å². The maximum Gasteiger partial charge on any atom is 0.138 e. The number of benzene rings is 1. The SMILES string of the molecule is N#CCC=Cc1cncc(OCc2ccccc2)c1. The van der Waals surface area contributed by atoms with Crippen molar-refractivity contribution in [3.05, 3.63) is 66.0 Å². The molecule has 19 heavy (non-hydrogen) atoms. The normalized spacial score (nSPS) is 10.3. The van der Waals surface area contributed by atoms with Gasteiger partial charge in [0.2, 0.25) is 0 Å². The van der Waals surface area contributed by atoms with E-state index in [1.54, 1.807) is 18.5 Å². The number of ether oxygens (including phenoxy) is 1. The Morgan fingerprint density at radius 1 is 1.21 bits per heavy atom. The van der Waals surface area contributed by atoms with E-state index < -0.39 is 0 Å². The van der Waals surface area contributed by atoms with Gasteiger partial charge in [-0.05, 0) is 17.2 Å². The molecule has 3 heteroatoms. The van der Waals surface area contributed by atoms with Crippen LogP contribution in [0.4, 0.5) is 0 Å². The molecule has 94 valence electrons. The van der Waals surface area contributed by atoms with E-state index in [9.17, 15) is 0 Å². The predicted octanol–water partition coefficient (Wildman–Crippen LogP) is 3.59. The van der Waals surface area contributed by atoms with Gasteiger partial charge in [-0.15, -0.1) is 0 Å². The average Bonchev–Trinajstić information content (AvgIpc) is 2.47. The van der Waals surface area contributed by atoms with Gasteiger partial charge in [-0.3, -0.25) is 4.98 Å². The molecule has 1 heterocycles. The molecule has 0 bridgehead atoms. The van der Waals surface area contributed by atoms with Crippen molar-refractivity contribution < 1.29 is 4.74 Å². The van der Waals surface area contributed by atoms with E-state index in [-0.39, 0.29) is 0 Å². The maximum atomic E-state index is 8.47. The summed E-state index contributed by atoms with van der Waals surface area (Å²) in [6.07, 6.45) is 7.49. The summed E-state index contributed by atoms with van der Waals surface area (Å²) in [6.45, 7) is 0.522. The number of allylic oxidation sites excluding steroid dienone is 1. The van der Waals surface area contributed by atoms with Crippen molar-refractivity contribution in [1.29, 1.82) is 5.26 Å². The van der Waals surface area contributed by atoms with Crippen molar-refractivity contribution in [3.8, 4) is 11.8 Å². The number of hydrogen-bond acceptors (Lipinski definition) is 3. The summed E-state index contributed by atoms with van der Waals surface area (Å²) in [5, 5.41) is 8.47. The Hall–Kier alpha value is -2.60. The van der Waals surface area contributed by atoms with Gasteiger partial charge in [-0.1, -0.05) is 42.5 Å². The van der Waals surface area contributed by atoms with Crippen LogP contribution in [0.25, 0.3) is 6.08 Å². The van der Waals surface area contributed by atoms with Crippen LogP contribution in [0.3, 0.4) is 0 Å². The highest BCUT2D eigenvalue weighted by Crippen LogP contribution is 2.14. The van der Waals surface area contributed by atoms with Gasteiger partial charge in [-0.2, -0.15) is 5.26 Å². The molecule has 0 aliphatic rings. The van der Waals surface area contributed by atoms with Crippen molar-refractivity contribution in [2.45, 2.75) is 13.0 Å². The van der Waals surface area contributed by atoms with Gasteiger partial charge in [0.1, 0.15) is 12.4 Å². The number of aromatic nitrogens is 1. The molecule has 2 aromatic rings. The topological polar surface area (TPSA) is 45.9 Å². The van der Waals surface area contributed by atoms with Crippen molar-refractivity contribution in [1.82, 2.24) is 4.98 Å². The molecule has 3 nitrogen and oxygen atoms in total. The van der Waals surface area contributed by atoms with E-state index in [0.717, 1.165) is 16.9 Å². The fourth-order valence-corrected chi connectivity index (χ4v) is 1.59. The maximum absolute atomic E-state index is 8.47. The molecule has 0 unspecified atom stereocenters. The van der Waals surface area contributed by atoms with Crippen LogP contribution in [0.5, 0.6) is 5.75 Å². The molecule has 0 aliphatic heterocycles. The first kappa shape index (κ1) is 12.8. The van der Waals surface area contributed by atoms with Gasteiger partial charge in [0.05, 0.1) is 18.7 Å². The van der Waals surface area contributed by atoms with Gasteiger partial charge in [-0.25, -0.2) is 0 Å². The quantitative estimate of drug-likeness (QED) is 0.814. The molecule has 0 radical (unpaired) electrons. The largest absolute Gasteiger partial charge is 0.487 e. The number of rotatable bonds is 5. The van der Waals surface area contributed by atoms with Crippen molar-refractivity contribution in [3.63, 3.8) is 0 Å². The van der Waals surface area contributed by atoms with Crippen LogP contribution in [0.15, 0.2) is 54.9 Å². The van der Waals surface area contributed by atoms with E-state index in [4.69, 9.17) is 10.00 Å². The van der Waals surface area contributed by atoms with Gasteiger partial charge in [0.15, 0.2) is 0 Å². The Morgan fingerprint density at radius 2 is 2.05 bits per heavy atom. The summed E-state index contributed by atoms with van der Waals surface area (Å²) in [5.41, 5.74) is 2.05. The van der Waals surface area contributed by atoms with E-state index in [1.807, 2.05) is 42.5 Å². The van der Waals surface area contributed by atoms with Crippen LogP contribution in [0, 0.1) is 11.3 Å². The van der Waals surface area contributed by atoms with Gasteiger partial charge >= 0.3 is 0 Å². The second-order valence-electron chi connectivity index (χ2n) is 3.99. The zero-order valence-corrected chi connectivity index (χ0v) is 10.5. The summed E-state index contributed by atoms with van der Waals surface area (Å²) in [7, 11) is 0. The monoisotopic (exact) mass is 250 g/mol. The summed E-state index contributed by atoms with van der Waals surface area (Å²) < 4.78 is 5.68. The van der Waals surface area contributed by atoms with Gasteiger partial charge < -0.3 is 4.74 Å². The molecule has 0 N–H and O–H groups in total. The lowest BCUT2D eigenvalue weighted by atomic mass is 10.2. The molecule has 0 spiro atoms. The highest BCUT2D eigenvalue weighted by atomic mass is 16.5. The Labute approximate surface area is 112 Å². The fourth-order valence-electron chi connectivity index (χ4n) is 1.59. The first-order valence-electron chi connectivity index (χ1n) is 6.04. The summed E-state index contributed by atoms with van der Waals surface area (Å²) >= 11 is 0.